The van der Waals surface area contributed by atoms with Crippen molar-refractivity contribution in [3.63, 3.8) is 0 Å². The number of nitrogens with one attached hydrogen (secondary N) is 2. The summed E-state index contributed by atoms with van der Waals surface area (Å²) in [5.74, 6) is 0.544. The van der Waals surface area contributed by atoms with E-state index in [0.29, 0.717) is 12.1 Å². The summed E-state index contributed by atoms with van der Waals surface area (Å²) in [6, 6.07) is 15.5. The van der Waals surface area contributed by atoms with E-state index < -0.39 is 0 Å². The van der Waals surface area contributed by atoms with Crippen LogP contribution in [-0.4, -0.2) is 13.0 Å². The van der Waals surface area contributed by atoms with E-state index in [9.17, 15) is 4.39 Å². The molecule has 5 heteroatoms. The number of aryl methyl sites for hydroxylation is 1. The minimum Gasteiger partial charge on any atom is -0.352 e. The van der Waals surface area contributed by atoms with E-state index in [-0.39, 0.29) is 35.8 Å². The fourth-order valence-electron chi connectivity index (χ4n) is 2.23. The van der Waals surface area contributed by atoms with Crippen LogP contribution in [0.15, 0.2) is 53.5 Å². The quantitative estimate of drug-likeness (QED) is 0.437. The molecule has 0 aromatic heterocycles. The van der Waals surface area contributed by atoms with E-state index in [2.05, 4.69) is 34.7 Å². The third-order valence-electron chi connectivity index (χ3n) is 3.56. The first-order valence-corrected chi connectivity index (χ1v) is 7.37. The third kappa shape index (κ3) is 5.82. The molecule has 0 aliphatic heterocycles. The smallest absolute Gasteiger partial charge is 0.191 e. The maximum Gasteiger partial charge on any atom is 0.191 e. The van der Waals surface area contributed by atoms with Crippen LogP contribution in [0.25, 0.3) is 0 Å². The van der Waals surface area contributed by atoms with E-state index in [1.54, 1.807) is 20.0 Å². The Morgan fingerprint density at radius 2 is 1.87 bits per heavy atom. The van der Waals surface area contributed by atoms with Gasteiger partial charge in [0.05, 0.1) is 6.04 Å². The molecule has 0 aliphatic carbocycles. The van der Waals surface area contributed by atoms with E-state index in [1.165, 1.54) is 11.6 Å². The van der Waals surface area contributed by atoms with E-state index in [1.807, 2.05) is 24.3 Å². The summed E-state index contributed by atoms with van der Waals surface area (Å²) in [5, 5.41) is 6.59. The summed E-state index contributed by atoms with van der Waals surface area (Å²) in [5.41, 5.74) is 2.87. The van der Waals surface area contributed by atoms with Crippen molar-refractivity contribution in [3.05, 3.63) is 71.0 Å². The zero-order chi connectivity index (χ0) is 15.9. The van der Waals surface area contributed by atoms with E-state index in [0.717, 1.165) is 11.5 Å². The van der Waals surface area contributed by atoms with Crippen LogP contribution in [0, 0.1) is 12.7 Å². The molecule has 124 valence electrons. The topological polar surface area (TPSA) is 36.4 Å². The van der Waals surface area contributed by atoms with Gasteiger partial charge in [-0.3, -0.25) is 4.99 Å². The number of rotatable bonds is 4. The molecule has 2 aromatic rings. The molecule has 2 rings (SSSR count). The van der Waals surface area contributed by atoms with Gasteiger partial charge in [-0.1, -0.05) is 42.5 Å². The molecule has 3 nitrogen and oxygen atoms in total. The predicted octanol–water partition coefficient (Wildman–Crippen LogP) is 4.18. The van der Waals surface area contributed by atoms with Crippen molar-refractivity contribution in [1.82, 2.24) is 10.6 Å². The van der Waals surface area contributed by atoms with Crippen molar-refractivity contribution in [2.75, 3.05) is 7.05 Å². The first-order chi connectivity index (χ1) is 10.6. The molecule has 0 saturated heterocycles. The van der Waals surface area contributed by atoms with Crippen molar-refractivity contribution in [2.24, 2.45) is 4.99 Å². The molecule has 23 heavy (non-hydrogen) atoms. The number of halogens is 2. The second-order valence-corrected chi connectivity index (χ2v) is 5.29. The Hall–Kier alpha value is -1.63. The van der Waals surface area contributed by atoms with E-state index in [4.69, 9.17) is 0 Å². The molecule has 1 atom stereocenters. The van der Waals surface area contributed by atoms with Gasteiger partial charge in [-0.05, 0) is 36.6 Å². The van der Waals surface area contributed by atoms with Crippen LogP contribution >= 0.6 is 24.0 Å². The highest BCUT2D eigenvalue weighted by Crippen LogP contribution is 2.11. The van der Waals surface area contributed by atoms with Crippen LogP contribution in [0.3, 0.4) is 0 Å². The molecule has 0 bridgehead atoms. The summed E-state index contributed by atoms with van der Waals surface area (Å²) in [6.07, 6.45) is 0. The van der Waals surface area contributed by atoms with Crippen LogP contribution in [-0.2, 0) is 6.54 Å². The highest BCUT2D eigenvalue weighted by Gasteiger charge is 2.07. The van der Waals surface area contributed by atoms with Crippen LogP contribution in [0.1, 0.15) is 29.7 Å². The molecule has 0 heterocycles. The third-order valence-corrected chi connectivity index (χ3v) is 3.56. The van der Waals surface area contributed by atoms with E-state index >= 15 is 0 Å². The van der Waals surface area contributed by atoms with Gasteiger partial charge < -0.3 is 10.6 Å². The minimum atomic E-state index is -0.177. The lowest BCUT2D eigenvalue weighted by molar-refractivity contribution is 0.617. The van der Waals surface area contributed by atoms with Crippen LogP contribution in [0.5, 0.6) is 0 Å². The van der Waals surface area contributed by atoms with Crippen LogP contribution in [0.4, 0.5) is 4.39 Å². The zero-order valence-electron chi connectivity index (χ0n) is 13.6. The van der Waals surface area contributed by atoms with Crippen molar-refractivity contribution in [1.29, 1.82) is 0 Å². The maximum absolute atomic E-state index is 13.3. The molecular formula is C18H23FIN3. The lowest BCUT2D eigenvalue weighted by atomic mass is 10.1. The molecule has 1 unspecified atom stereocenters. The number of guanidine groups is 1. The van der Waals surface area contributed by atoms with Gasteiger partial charge in [-0.2, -0.15) is 0 Å². The van der Waals surface area contributed by atoms with Gasteiger partial charge in [0.1, 0.15) is 5.82 Å². The molecule has 2 aromatic carbocycles. The van der Waals surface area contributed by atoms with Crippen molar-refractivity contribution >= 4 is 29.9 Å². The fraction of sp³-hybridized carbons (Fsp3) is 0.278. The Morgan fingerprint density at radius 1 is 1.17 bits per heavy atom. The van der Waals surface area contributed by atoms with Gasteiger partial charge in [0.25, 0.3) is 0 Å². The summed E-state index contributed by atoms with van der Waals surface area (Å²) >= 11 is 0. The highest BCUT2D eigenvalue weighted by molar-refractivity contribution is 14.0. The fourth-order valence-corrected chi connectivity index (χ4v) is 2.23. The lowest BCUT2D eigenvalue weighted by Gasteiger charge is -2.18. The molecule has 0 aliphatic rings. The Labute approximate surface area is 154 Å². The summed E-state index contributed by atoms with van der Waals surface area (Å²) in [7, 11) is 1.74. The second-order valence-electron chi connectivity index (χ2n) is 5.29. The van der Waals surface area contributed by atoms with Gasteiger partial charge in [-0.25, -0.2) is 4.39 Å². The number of hydrogen-bond donors (Lipinski definition) is 2. The maximum atomic E-state index is 13.3. The number of benzene rings is 2. The monoisotopic (exact) mass is 427 g/mol. The molecule has 0 spiro atoms. The summed E-state index contributed by atoms with van der Waals surface area (Å²) < 4.78 is 13.3. The average Bonchev–Trinajstić information content (AvgIpc) is 2.55. The Kier molecular flexibility index (Phi) is 8.02. The van der Waals surface area contributed by atoms with Gasteiger partial charge in [-0.15, -0.1) is 24.0 Å². The zero-order valence-corrected chi connectivity index (χ0v) is 16.0. The number of nitrogens with zero attached hydrogens (tertiary/aromatic N) is 1. The summed E-state index contributed by atoms with van der Waals surface area (Å²) in [6.45, 7) is 4.45. The molecule has 0 fully saturated rings. The van der Waals surface area contributed by atoms with Gasteiger partial charge >= 0.3 is 0 Å². The largest absolute Gasteiger partial charge is 0.352 e. The van der Waals surface area contributed by atoms with Crippen molar-refractivity contribution < 1.29 is 4.39 Å². The second kappa shape index (κ2) is 9.50. The highest BCUT2D eigenvalue weighted by atomic mass is 127. The predicted molar refractivity (Wildman–Crippen MR) is 105 cm³/mol. The average molecular weight is 427 g/mol. The normalized spacial score (nSPS) is 12.3. The lowest BCUT2D eigenvalue weighted by Crippen LogP contribution is -2.38. The first-order valence-electron chi connectivity index (χ1n) is 7.37. The van der Waals surface area contributed by atoms with Gasteiger partial charge in [0.15, 0.2) is 5.96 Å². The SMILES string of the molecule is CN=C(NCc1ccc(F)c(C)c1)NC(C)c1ccccc1.I. The first kappa shape index (κ1) is 19.4. The Balaban J connectivity index is 0.00000264. The molecule has 0 amide bonds. The number of aliphatic imine (C=N–C) groups is 1. The Morgan fingerprint density at radius 3 is 2.48 bits per heavy atom. The van der Waals surface area contributed by atoms with Gasteiger partial charge in [0.2, 0.25) is 0 Å². The molecule has 2 N–H and O–H groups in total. The molecule has 0 saturated carbocycles. The van der Waals surface area contributed by atoms with Crippen LogP contribution in [0.2, 0.25) is 0 Å². The van der Waals surface area contributed by atoms with Gasteiger partial charge in [0, 0.05) is 13.6 Å². The van der Waals surface area contributed by atoms with Crippen molar-refractivity contribution in [2.45, 2.75) is 26.4 Å². The standard InChI is InChI=1S/C18H22FN3.HI/c1-13-11-15(9-10-17(13)19)12-21-18(20-3)22-14(2)16-7-5-4-6-8-16;/h4-11,14H,12H2,1-3H3,(H2,20,21,22);1H. The molecule has 0 radical (unpaired) electrons. The molecular weight excluding hydrogens is 404 g/mol. The van der Waals surface area contributed by atoms with Crippen molar-refractivity contribution in [3.8, 4) is 0 Å². The Bertz CT molecular complexity index is 644. The minimum absolute atomic E-state index is 0. The summed E-state index contributed by atoms with van der Waals surface area (Å²) in [4.78, 5) is 4.23. The number of hydrogen-bond acceptors (Lipinski definition) is 1. The van der Waals surface area contributed by atoms with Crippen LogP contribution < -0.4 is 10.6 Å².